The largest absolute Gasteiger partial charge is 0.443 e. The van der Waals surface area contributed by atoms with Crippen LogP contribution in [0.4, 0.5) is 0 Å². The van der Waals surface area contributed by atoms with Gasteiger partial charge in [0.05, 0.1) is 0 Å². The second-order valence-electron chi connectivity index (χ2n) is 9.64. The van der Waals surface area contributed by atoms with Crippen molar-refractivity contribution in [3.8, 4) is 0 Å². The Bertz CT molecular complexity index is 386. The molecule has 0 fully saturated rings. The van der Waals surface area contributed by atoms with Gasteiger partial charge in [-0.05, 0) is 19.8 Å². The average molecular weight is 452 g/mol. The van der Waals surface area contributed by atoms with E-state index >= 15 is 0 Å². The maximum atomic E-state index is 11.6. The van der Waals surface area contributed by atoms with Gasteiger partial charge in [0, 0.05) is 19.2 Å². The number of ether oxygens (including phenoxy) is 1. The fourth-order valence-corrected chi connectivity index (χ4v) is 4.37. The molecule has 0 aromatic rings. The lowest BCUT2D eigenvalue weighted by atomic mass is 10.1. The molecule has 0 aromatic heterocycles. The molecule has 0 bridgehead atoms. The Kier molecular flexibility index (Phi) is 24.2. The maximum Gasteiger partial charge on any atom is 0.331 e. The highest BCUT2D eigenvalue weighted by molar-refractivity contribution is 5.81. The SMILES string of the molecule is C=CC(=O)OC(C)N(CCCCCCCCCCCC)CCCCCCCCCCCC. The molecular formula is C29H57NO2. The minimum absolute atomic E-state index is 0.155. The van der Waals surface area contributed by atoms with Gasteiger partial charge in [0.1, 0.15) is 0 Å². The summed E-state index contributed by atoms with van der Waals surface area (Å²) in [7, 11) is 0. The lowest BCUT2D eigenvalue weighted by Gasteiger charge is -2.28. The van der Waals surface area contributed by atoms with Crippen molar-refractivity contribution in [1.29, 1.82) is 0 Å². The van der Waals surface area contributed by atoms with Crippen LogP contribution in [-0.4, -0.2) is 30.2 Å². The van der Waals surface area contributed by atoms with Gasteiger partial charge in [-0.3, -0.25) is 4.90 Å². The number of hydrogen-bond acceptors (Lipinski definition) is 3. The van der Waals surface area contributed by atoms with Crippen LogP contribution in [0.25, 0.3) is 0 Å². The van der Waals surface area contributed by atoms with Gasteiger partial charge in [-0.15, -0.1) is 0 Å². The summed E-state index contributed by atoms with van der Waals surface area (Å²) in [6.45, 7) is 12.2. The van der Waals surface area contributed by atoms with Crippen molar-refractivity contribution in [3.63, 3.8) is 0 Å². The Morgan fingerprint density at radius 3 is 1.28 bits per heavy atom. The minimum atomic E-state index is -0.311. The highest BCUT2D eigenvalue weighted by atomic mass is 16.6. The third-order valence-electron chi connectivity index (χ3n) is 6.57. The second-order valence-corrected chi connectivity index (χ2v) is 9.64. The molecule has 0 amide bonds. The predicted molar refractivity (Wildman–Crippen MR) is 141 cm³/mol. The van der Waals surface area contributed by atoms with Crippen LogP contribution in [0.5, 0.6) is 0 Å². The zero-order valence-corrected chi connectivity index (χ0v) is 22.2. The topological polar surface area (TPSA) is 29.5 Å². The molecule has 0 aliphatic rings. The Hall–Kier alpha value is -0.830. The number of rotatable bonds is 25. The Balaban J connectivity index is 3.94. The highest BCUT2D eigenvalue weighted by Crippen LogP contribution is 2.14. The van der Waals surface area contributed by atoms with E-state index in [-0.39, 0.29) is 12.2 Å². The van der Waals surface area contributed by atoms with E-state index in [1.807, 2.05) is 6.92 Å². The summed E-state index contributed by atoms with van der Waals surface area (Å²) >= 11 is 0. The molecule has 0 N–H and O–H groups in total. The lowest BCUT2D eigenvalue weighted by molar-refractivity contribution is -0.151. The first-order chi connectivity index (χ1) is 15.7. The van der Waals surface area contributed by atoms with E-state index in [1.54, 1.807) is 0 Å². The van der Waals surface area contributed by atoms with E-state index in [0.29, 0.717) is 0 Å². The van der Waals surface area contributed by atoms with Crippen LogP contribution in [0, 0.1) is 0 Å². The van der Waals surface area contributed by atoms with E-state index in [9.17, 15) is 4.79 Å². The van der Waals surface area contributed by atoms with Crippen LogP contribution in [0.1, 0.15) is 149 Å². The van der Waals surface area contributed by atoms with Crippen molar-refractivity contribution in [2.24, 2.45) is 0 Å². The lowest BCUT2D eigenvalue weighted by Crippen LogP contribution is -2.37. The van der Waals surface area contributed by atoms with E-state index in [0.717, 1.165) is 13.1 Å². The van der Waals surface area contributed by atoms with E-state index < -0.39 is 0 Å². The molecule has 3 nitrogen and oxygen atoms in total. The first-order valence-electron chi connectivity index (χ1n) is 14.2. The molecular weight excluding hydrogens is 394 g/mol. The summed E-state index contributed by atoms with van der Waals surface area (Å²) in [4.78, 5) is 14.0. The summed E-state index contributed by atoms with van der Waals surface area (Å²) in [5.41, 5.74) is 0. The molecule has 0 radical (unpaired) electrons. The van der Waals surface area contributed by atoms with Crippen molar-refractivity contribution < 1.29 is 9.53 Å². The van der Waals surface area contributed by atoms with Gasteiger partial charge in [-0.25, -0.2) is 4.79 Å². The van der Waals surface area contributed by atoms with Crippen molar-refractivity contribution in [2.45, 2.75) is 155 Å². The van der Waals surface area contributed by atoms with Crippen molar-refractivity contribution in [2.75, 3.05) is 13.1 Å². The molecule has 32 heavy (non-hydrogen) atoms. The summed E-state index contributed by atoms with van der Waals surface area (Å²) < 4.78 is 5.52. The second kappa shape index (κ2) is 24.8. The Morgan fingerprint density at radius 1 is 0.656 bits per heavy atom. The molecule has 0 saturated carbocycles. The Labute approximate surface area is 201 Å². The number of carbonyl (C=O) groups is 1. The fraction of sp³-hybridized carbons (Fsp3) is 0.897. The van der Waals surface area contributed by atoms with Gasteiger partial charge in [0.2, 0.25) is 0 Å². The van der Waals surface area contributed by atoms with Crippen molar-refractivity contribution in [3.05, 3.63) is 12.7 Å². The van der Waals surface area contributed by atoms with Gasteiger partial charge < -0.3 is 4.74 Å². The summed E-state index contributed by atoms with van der Waals surface area (Å²) in [5.74, 6) is -0.311. The van der Waals surface area contributed by atoms with Crippen LogP contribution in [0.2, 0.25) is 0 Å². The van der Waals surface area contributed by atoms with Gasteiger partial charge in [-0.1, -0.05) is 136 Å². The third kappa shape index (κ3) is 21.0. The third-order valence-corrected chi connectivity index (χ3v) is 6.57. The molecule has 0 rings (SSSR count). The average Bonchev–Trinajstić information content (AvgIpc) is 2.79. The molecule has 0 saturated heterocycles. The van der Waals surface area contributed by atoms with Crippen molar-refractivity contribution in [1.82, 2.24) is 4.90 Å². The van der Waals surface area contributed by atoms with Gasteiger partial charge in [0.25, 0.3) is 0 Å². The first kappa shape index (κ1) is 31.2. The quantitative estimate of drug-likeness (QED) is 0.0599. The molecule has 0 aliphatic carbocycles. The molecule has 0 aromatic carbocycles. The van der Waals surface area contributed by atoms with Crippen LogP contribution in [-0.2, 0) is 9.53 Å². The van der Waals surface area contributed by atoms with E-state index in [4.69, 9.17) is 4.74 Å². The number of carbonyl (C=O) groups excluding carboxylic acids is 1. The normalized spacial score (nSPS) is 12.2. The monoisotopic (exact) mass is 451 g/mol. The zero-order chi connectivity index (χ0) is 23.7. The van der Waals surface area contributed by atoms with Gasteiger partial charge in [0.15, 0.2) is 6.23 Å². The molecule has 1 unspecified atom stereocenters. The van der Waals surface area contributed by atoms with Gasteiger partial charge in [-0.2, -0.15) is 0 Å². The molecule has 3 heteroatoms. The Morgan fingerprint density at radius 2 is 0.969 bits per heavy atom. The predicted octanol–water partition coefficient (Wildman–Crippen LogP) is 9.21. The number of esters is 1. The smallest absolute Gasteiger partial charge is 0.331 e. The molecule has 190 valence electrons. The van der Waals surface area contributed by atoms with Crippen molar-refractivity contribution >= 4 is 5.97 Å². The summed E-state index contributed by atoms with van der Waals surface area (Å²) in [5, 5.41) is 0. The number of nitrogens with zero attached hydrogens (tertiary/aromatic N) is 1. The zero-order valence-electron chi connectivity index (χ0n) is 22.2. The van der Waals surface area contributed by atoms with Crippen LogP contribution >= 0.6 is 0 Å². The molecule has 0 spiro atoms. The molecule has 1 atom stereocenters. The molecule has 0 heterocycles. The standard InChI is InChI=1S/C29H57NO2/c1-5-8-10-12-14-16-18-20-22-24-26-30(28(4)32-29(31)7-3)27-25-23-21-19-17-15-13-11-9-6-2/h7,28H,3,5-6,8-27H2,1-2,4H3. The van der Waals surface area contributed by atoms with E-state index in [2.05, 4.69) is 25.3 Å². The van der Waals surface area contributed by atoms with Crippen LogP contribution in [0.15, 0.2) is 12.7 Å². The van der Waals surface area contributed by atoms with Crippen LogP contribution in [0.3, 0.4) is 0 Å². The molecule has 0 aliphatic heterocycles. The first-order valence-corrected chi connectivity index (χ1v) is 14.2. The summed E-state index contributed by atoms with van der Waals surface area (Å²) in [6.07, 6.45) is 28.1. The maximum absolute atomic E-state index is 11.6. The van der Waals surface area contributed by atoms with Gasteiger partial charge >= 0.3 is 5.97 Å². The highest BCUT2D eigenvalue weighted by Gasteiger charge is 2.16. The fourth-order valence-electron chi connectivity index (χ4n) is 4.37. The summed E-state index contributed by atoms with van der Waals surface area (Å²) in [6, 6.07) is 0. The number of unbranched alkanes of at least 4 members (excludes halogenated alkanes) is 18. The van der Waals surface area contributed by atoms with E-state index in [1.165, 1.54) is 134 Å². The van der Waals surface area contributed by atoms with Crippen LogP contribution < -0.4 is 0 Å². The number of hydrogen-bond donors (Lipinski definition) is 0. The minimum Gasteiger partial charge on any atom is -0.443 e.